The molecule has 0 fully saturated rings. The fraction of sp³-hybridized carbons (Fsp3) is 0.375. The normalized spacial score (nSPS) is 14.4. The van der Waals surface area contributed by atoms with Crippen molar-refractivity contribution in [2.45, 2.75) is 30.8 Å². The van der Waals surface area contributed by atoms with Gasteiger partial charge in [0.2, 0.25) is 10.0 Å². The molecule has 0 aliphatic heterocycles. The molecule has 6 nitrogen and oxygen atoms in total. The lowest BCUT2D eigenvalue weighted by molar-refractivity contribution is 0.0603. The summed E-state index contributed by atoms with van der Waals surface area (Å²) in [6.07, 6.45) is 1.72. The van der Waals surface area contributed by atoms with Gasteiger partial charge < -0.3 is 14.3 Å². The summed E-state index contributed by atoms with van der Waals surface area (Å²) in [5.74, 6) is 1.20. The summed E-state index contributed by atoms with van der Waals surface area (Å²) < 4.78 is 37.4. The van der Waals surface area contributed by atoms with E-state index in [0.29, 0.717) is 18.1 Å². The fourth-order valence-electron chi connectivity index (χ4n) is 2.07. The van der Waals surface area contributed by atoms with E-state index in [4.69, 9.17) is 9.15 Å². The van der Waals surface area contributed by atoms with Gasteiger partial charge in [-0.05, 0) is 50.2 Å². The molecule has 126 valence electrons. The number of nitrogens with one attached hydrogen (secondary N) is 1. The van der Waals surface area contributed by atoms with Gasteiger partial charge in [-0.15, -0.1) is 0 Å². The third-order valence-electron chi connectivity index (χ3n) is 3.22. The molecule has 1 unspecified atom stereocenters. The Labute approximate surface area is 136 Å². The van der Waals surface area contributed by atoms with Crippen molar-refractivity contribution in [3.63, 3.8) is 0 Å². The van der Waals surface area contributed by atoms with Gasteiger partial charge in [0, 0.05) is 13.0 Å². The average Bonchev–Trinajstić information content (AvgIpc) is 2.99. The van der Waals surface area contributed by atoms with E-state index in [1.165, 1.54) is 18.4 Å². The van der Waals surface area contributed by atoms with E-state index in [0.717, 1.165) is 0 Å². The molecule has 2 aromatic rings. The van der Waals surface area contributed by atoms with Gasteiger partial charge in [-0.3, -0.25) is 0 Å². The smallest absolute Gasteiger partial charge is 0.240 e. The van der Waals surface area contributed by atoms with E-state index in [-0.39, 0.29) is 17.9 Å². The van der Waals surface area contributed by atoms with Crippen LogP contribution < -0.4 is 9.46 Å². The number of ether oxygens (including phenoxy) is 1. The monoisotopic (exact) mass is 339 g/mol. The Hall–Kier alpha value is -1.83. The molecule has 0 spiro atoms. The molecule has 0 radical (unpaired) electrons. The summed E-state index contributed by atoms with van der Waals surface area (Å²) >= 11 is 0. The molecule has 2 N–H and O–H groups in total. The van der Waals surface area contributed by atoms with E-state index in [2.05, 4.69) is 4.72 Å². The van der Waals surface area contributed by atoms with Gasteiger partial charge in [-0.1, -0.05) is 0 Å². The van der Waals surface area contributed by atoms with Crippen molar-refractivity contribution in [1.29, 1.82) is 0 Å². The number of aliphatic hydroxyl groups is 1. The minimum absolute atomic E-state index is 0.120. The molecule has 1 atom stereocenters. The van der Waals surface area contributed by atoms with Gasteiger partial charge >= 0.3 is 0 Å². The molecular formula is C16H21NO5S. The number of benzene rings is 1. The van der Waals surface area contributed by atoms with Gasteiger partial charge in [0.15, 0.2) is 0 Å². The van der Waals surface area contributed by atoms with Crippen LogP contribution in [0.2, 0.25) is 0 Å². The quantitative estimate of drug-likeness (QED) is 0.767. The first-order valence-corrected chi connectivity index (χ1v) is 8.78. The maximum Gasteiger partial charge on any atom is 0.240 e. The van der Waals surface area contributed by atoms with E-state index in [1.807, 2.05) is 6.92 Å². The van der Waals surface area contributed by atoms with Crippen LogP contribution in [0.3, 0.4) is 0 Å². The van der Waals surface area contributed by atoms with Crippen molar-refractivity contribution in [3.8, 4) is 5.75 Å². The number of rotatable bonds is 8. The zero-order chi connectivity index (χ0) is 16.9. The minimum Gasteiger partial charge on any atom is -0.494 e. The van der Waals surface area contributed by atoms with Gasteiger partial charge in [0.1, 0.15) is 11.5 Å². The highest BCUT2D eigenvalue weighted by Crippen LogP contribution is 2.17. The molecule has 23 heavy (non-hydrogen) atoms. The average molecular weight is 339 g/mol. The SMILES string of the molecule is CCOc1ccc(S(=O)(=O)NCC(C)(O)Cc2ccco2)cc1. The molecular weight excluding hydrogens is 318 g/mol. The largest absolute Gasteiger partial charge is 0.494 e. The van der Waals surface area contributed by atoms with Crippen molar-refractivity contribution in [3.05, 3.63) is 48.4 Å². The summed E-state index contributed by atoms with van der Waals surface area (Å²) in [5.41, 5.74) is -1.25. The minimum atomic E-state index is -3.70. The molecule has 1 aromatic heterocycles. The predicted octanol–water partition coefficient (Wildman–Crippen LogP) is 1.95. The summed E-state index contributed by atoms with van der Waals surface area (Å²) in [5, 5.41) is 10.3. The Bertz CT molecular complexity index is 705. The molecule has 0 aliphatic carbocycles. The molecule has 7 heteroatoms. The Morgan fingerprint density at radius 1 is 1.26 bits per heavy atom. The first-order chi connectivity index (χ1) is 10.8. The van der Waals surface area contributed by atoms with Crippen molar-refractivity contribution in [1.82, 2.24) is 4.72 Å². The summed E-state index contributed by atoms with van der Waals surface area (Å²) in [4.78, 5) is 0.120. The van der Waals surface area contributed by atoms with Crippen LogP contribution in [0.5, 0.6) is 5.75 Å². The topological polar surface area (TPSA) is 88.8 Å². The van der Waals surface area contributed by atoms with Gasteiger partial charge in [0.05, 0.1) is 23.4 Å². The van der Waals surface area contributed by atoms with Crippen LogP contribution in [-0.4, -0.2) is 32.3 Å². The highest BCUT2D eigenvalue weighted by atomic mass is 32.2. The van der Waals surface area contributed by atoms with Gasteiger partial charge in [0.25, 0.3) is 0 Å². The second-order valence-corrected chi connectivity index (χ2v) is 7.25. The van der Waals surface area contributed by atoms with Gasteiger partial charge in [-0.25, -0.2) is 13.1 Å². The molecule has 0 amide bonds. The van der Waals surface area contributed by atoms with Gasteiger partial charge in [-0.2, -0.15) is 0 Å². The summed E-state index contributed by atoms with van der Waals surface area (Å²) in [6.45, 7) is 3.80. The van der Waals surface area contributed by atoms with Crippen LogP contribution in [-0.2, 0) is 16.4 Å². The second kappa shape index (κ2) is 7.16. The van der Waals surface area contributed by atoms with Crippen molar-refractivity contribution in [2.75, 3.05) is 13.2 Å². The third-order valence-corrected chi connectivity index (χ3v) is 4.64. The van der Waals surface area contributed by atoms with E-state index < -0.39 is 15.6 Å². The van der Waals surface area contributed by atoms with Crippen LogP contribution in [0.1, 0.15) is 19.6 Å². The molecule has 1 heterocycles. The van der Waals surface area contributed by atoms with Crippen molar-refractivity contribution >= 4 is 10.0 Å². The number of hydrogen-bond acceptors (Lipinski definition) is 5. The number of sulfonamides is 1. The Morgan fingerprint density at radius 2 is 1.96 bits per heavy atom. The van der Waals surface area contributed by atoms with Crippen molar-refractivity contribution in [2.24, 2.45) is 0 Å². The van der Waals surface area contributed by atoms with Crippen LogP contribution >= 0.6 is 0 Å². The predicted molar refractivity (Wildman–Crippen MR) is 85.8 cm³/mol. The van der Waals surface area contributed by atoms with Crippen molar-refractivity contribution < 1.29 is 22.7 Å². The first-order valence-electron chi connectivity index (χ1n) is 7.30. The molecule has 2 rings (SSSR count). The lowest BCUT2D eigenvalue weighted by Gasteiger charge is -2.22. The first kappa shape index (κ1) is 17.5. The Kier molecular flexibility index (Phi) is 5.46. The van der Waals surface area contributed by atoms with Crippen LogP contribution in [0, 0.1) is 0 Å². The Morgan fingerprint density at radius 3 is 2.52 bits per heavy atom. The number of furan rings is 1. The fourth-order valence-corrected chi connectivity index (χ4v) is 3.23. The second-order valence-electron chi connectivity index (χ2n) is 5.48. The third kappa shape index (κ3) is 5.09. The maximum absolute atomic E-state index is 12.3. The highest BCUT2D eigenvalue weighted by Gasteiger charge is 2.25. The molecule has 0 aliphatic rings. The van der Waals surface area contributed by atoms with E-state index >= 15 is 0 Å². The standard InChI is InChI=1S/C16H21NO5S/c1-3-21-13-6-8-15(9-7-13)23(19,20)17-12-16(2,18)11-14-5-4-10-22-14/h4-10,17-18H,3,11-12H2,1-2H3. The van der Waals surface area contributed by atoms with Crippen LogP contribution in [0.25, 0.3) is 0 Å². The zero-order valence-corrected chi connectivity index (χ0v) is 14.0. The summed E-state index contributed by atoms with van der Waals surface area (Å²) in [7, 11) is -3.70. The number of hydrogen-bond donors (Lipinski definition) is 2. The Balaban J connectivity index is 2.00. The molecule has 0 saturated heterocycles. The lowest BCUT2D eigenvalue weighted by Crippen LogP contribution is -2.42. The van der Waals surface area contributed by atoms with Crippen LogP contribution in [0.4, 0.5) is 0 Å². The highest BCUT2D eigenvalue weighted by molar-refractivity contribution is 7.89. The molecule has 1 aromatic carbocycles. The van der Waals surface area contributed by atoms with Crippen LogP contribution in [0.15, 0.2) is 52.0 Å². The summed E-state index contributed by atoms with van der Waals surface area (Å²) in [6, 6.07) is 9.58. The zero-order valence-electron chi connectivity index (χ0n) is 13.2. The maximum atomic E-state index is 12.3. The lowest BCUT2D eigenvalue weighted by atomic mass is 10.0. The molecule has 0 bridgehead atoms. The molecule has 0 saturated carbocycles. The van der Waals surface area contributed by atoms with E-state index in [9.17, 15) is 13.5 Å². The van der Waals surface area contributed by atoms with E-state index in [1.54, 1.807) is 31.2 Å².